The Hall–Kier alpha value is -1.03. The molecule has 130 valence electrons. The van der Waals surface area contributed by atoms with E-state index in [1.54, 1.807) is 0 Å². The third kappa shape index (κ3) is 4.28. The fourth-order valence-corrected chi connectivity index (χ4v) is 4.20. The first kappa shape index (κ1) is 16.8. The van der Waals surface area contributed by atoms with Gasteiger partial charge < -0.3 is 9.47 Å². The first-order valence-electron chi connectivity index (χ1n) is 9.21. The Kier molecular flexibility index (Phi) is 5.00. The van der Waals surface area contributed by atoms with Crippen LogP contribution in [0.25, 0.3) is 0 Å². The lowest BCUT2D eigenvalue weighted by Gasteiger charge is -2.45. The van der Waals surface area contributed by atoms with Gasteiger partial charge in [-0.3, -0.25) is 4.90 Å². The minimum Gasteiger partial charge on any atom is -0.444 e. The van der Waals surface area contributed by atoms with Crippen molar-refractivity contribution in [2.24, 2.45) is 5.92 Å². The molecule has 4 nitrogen and oxygen atoms in total. The van der Waals surface area contributed by atoms with Crippen molar-refractivity contribution in [1.29, 1.82) is 0 Å². The van der Waals surface area contributed by atoms with Crippen LogP contribution in [0.1, 0.15) is 65.7 Å². The van der Waals surface area contributed by atoms with Crippen LogP contribution in [0.2, 0.25) is 0 Å². The second-order valence-electron chi connectivity index (χ2n) is 8.38. The number of rotatable bonds is 2. The van der Waals surface area contributed by atoms with Crippen molar-refractivity contribution in [3.05, 3.63) is 11.6 Å². The van der Waals surface area contributed by atoms with Gasteiger partial charge in [0.05, 0.1) is 25.3 Å². The van der Waals surface area contributed by atoms with E-state index in [0.717, 1.165) is 12.3 Å². The van der Waals surface area contributed by atoms with Gasteiger partial charge in [-0.1, -0.05) is 43.8 Å². The molecule has 0 aromatic heterocycles. The molecule has 3 aliphatic rings. The van der Waals surface area contributed by atoms with Crippen LogP contribution >= 0.6 is 0 Å². The van der Waals surface area contributed by atoms with Crippen molar-refractivity contribution in [2.45, 2.75) is 83.4 Å². The summed E-state index contributed by atoms with van der Waals surface area (Å²) in [6, 6.07) is 0.197. The highest BCUT2D eigenvalue weighted by molar-refractivity contribution is 5.70. The van der Waals surface area contributed by atoms with Gasteiger partial charge in [0.2, 0.25) is 0 Å². The number of morpholine rings is 1. The monoisotopic (exact) mass is 321 g/mol. The third-order valence-corrected chi connectivity index (χ3v) is 5.16. The number of amides is 1. The summed E-state index contributed by atoms with van der Waals surface area (Å²) in [5.41, 5.74) is 1.09. The zero-order chi connectivity index (χ0) is 16.4. The molecule has 4 heteroatoms. The van der Waals surface area contributed by atoms with Gasteiger partial charge in [-0.05, 0) is 39.5 Å². The lowest BCUT2D eigenvalue weighted by atomic mass is 9.81. The molecular formula is C19H31NO3. The number of hydrogen-bond acceptors (Lipinski definition) is 3. The summed E-state index contributed by atoms with van der Waals surface area (Å²) in [4.78, 5) is 14.5. The van der Waals surface area contributed by atoms with Crippen LogP contribution in [0, 0.1) is 5.92 Å². The highest BCUT2D eigenvalue weighted by atomic mass is 16.6. The molecule has 3 rings (SSSR count). The normalized spacial score (nSPS) is 29.2. The predicted octanol–water partition coefficient (Wildman–Crippen LogP) is 4.29. The van der Waals surface area contributed by atoms with Gasteiger partial charge in [0.15, 0.2) is 0 Å². The fraction of sp³-hybridized carbons (Fsp3) is 0.842. The van der Waals surface area contributed by atoms with Gasteiger partial charge in [0.1, 0.15) is 5.60 Å². The molecule has 0 spiro atoms. The van der Waals surface area contributed by atoms with E-state index in [-0.39, 0.29) is 18.2 Å². The Morgan fingerprint density at radius 2 is 2.00 bits per heavy atom. The minimum atomic E-state index is -0.446. The predicted molar refractivity (Wildman–Crippen MR) is 90.4 cm³/mol. The zero-order valence-electron chi connectivity index (χ0n) is 14.8. The molecule has 0 radical (unpaired) electrons. The highest BCUT2D eigenvalue weighted by Crippen LogP contribution is 2.35. The Labute approximate surface area is 140 Å². The summed E-state index contributed by atoms with van der Waals surface area (Å²) in [6.07, 6.45) is 11.2. The summed E-state index contributed by atoms with van der Waals surface area (Å²) < 4.78 is 11.3. The van der Waals surface area contributed by atoms with Crippen LogP contribution in [0.3, 0.4) is 0 Å². The van der Waals surface area contributed by atoms with E-state index >= 15 is 0 Å². The van der Waals surface area contributed by atoms with E-state index in [2.05, 4.69) is 6.08 Å². The number of carbonyl (C=O) groups excluding carboxylic acids is 1. The van der Waals surface area contributed by atoms with Crippen molar-refractivity contribution in [3.8, 4) is 0 Å². The maximum atomic E-state index is 12.5. The van der Waals surface area contributed by atoms with Crippen molar-refractivity contribution < 1.29 is 14.3 Å². The van der Waals surface area contributed by atoms with Crippen LogP contribution in [0.15, 0.2) is 11.6 Å². The van der Waals surface area contributed by atoms with Gasteiger partial charge in [0.25, 0.3) is 0 Å². The van der Waals surface area contributed by atoms with E-state index in [0.29, 0.717) is 13.2 Å². The van der Waals surface area contributed by atoms with Crippen LogP contribution in [-0.4, -0.2) is 41.9 Å². The maximum absolute atomic E-state index is 12.5. The quantitative estimate of drug-likeness (QED) is 0.712. The Morgan fingerprint density at radius 3 is 2.65 bits per heavy atom. The summed E-state index contributed by atoms with van der Waals surface area (Å²) in [5.74, 6) is 0.852. The van der Waals surface area contributed by atoms with Crippen molar-refractivity contribution in [1.82, 2.24) is 4.90 Å². The van der Waals surface area contributed by atoms with Crippen molar-refractivity contribution >= 4 is 6.09 Å². The fourth-order valence-electron chi connectivity index (χ4n) is 4.20. The molecule has 0 aromatic rings. The zero-order valence-corrected chi connectivity index (χ0v) is 14.8. The van der Waals surface area contributed by atoms with E-state index in [1.165, 1.54) is 44.1 Å². The Balaban J connectivity index is 1.67. The molecule has 1 amide bonds. The van der Waals surface area contributed by atoms with E-state index in [1.807, 2.05) is 25.7 Å². The highest BCUT2D eigenvalue weighted by Gasteiger charge is 2.40. The molecule has 2 heterocycles. The number of ether oxygens (including phenoxy) is 2. The van der Waals surface area contributed by atoms with Gasteiger partial charge >= 0.3 is 6.09 Å². The van der Waals surface area contributed by atoms with Crippen LogP contribution in [0.4, 0.5) is 4.79 Å². The van der Waals surface area contributed by atoms with Crippen LogP contribution in [0.5, 0.6) is 0 Å². The molecule has 0 aromatic carbocycles. The molecule has 1 aliphatic carbocycles. The number of carbonyl (C=O) groups is 1. The average molecular weight is 321 g/mol. The van der Waals surface area contributed by atoms with Gasteiger partial charge in [-0.15, -0.1) is 0 Å². The molecule has 2 bridgehead atoms. The largest absolute Gasteiger partial charge is 0.444 e. The second kappa shape index (κ2) is 6.84. The molecule has 2 fully saturated rings. The maximum Gasteiger partial charge on any atom is 0.411 e. The van der Waals surface area contributed by atoms with Crippen LogP contribution < -0.4 is 0 Å². The van der Waals surface area contributed by atoms with E-state index in [4.69, 9.17) is 9.47 Å². The first-order valence-corrected chi connectivity index (χ1v) is 9.21. The molecule has 0 N–H and O–H groups in total. The molecular weight excluding hydrogens is 290 g/mol. The Bertz CT molecular complexity index is 460. The second-order valence-corrected chi connectivity index (χ2v) is 8.38. The minimum absolute atomic E-state index is 0.0518. The molecule has 1 saturated heterocycles. The molecule has 23 heavy (non-hydrogen) atoms. The summed E-state index contributed by atoms with van der Waals surface area (Å²) >= 11 is 0. The summed E-state index contributed by atoms with van der Waals surface area (Å²) in [5, 5.41) is 0. The third-order valence-electron chi connectivity index (χ3n) is 5.16. The summed E-state index contributed by atoms with van der Waals surface area (Å²) in [7, 11) is 0. The number of fused-ring (bicyclic) bond motifs is 2. The Morgan fingerprint density at radius 1 is 1.26 bits per heavy atom. The van der Waals surface area contributed by atoms with E-state index in [9.17, 15) is 4.79 Å². The lowest BCUT2D eigenvalue weighted by Crippen LogP contribution is -2.57. The summed E-state index contributed by atoms with van der Waals surface area (Å²) in [6.45, 7) is 7.00. The lowest BCUT2D eigenvalue weighted by molar-refractivity contribution is -0.0539. The molecule has 2 unspecified atom stereocenters. The molecule has 2 atom stereocenters. The van der Waals surface area contributed by atoms with Crippen LogP contribution in [-0.2, 0) is 9.47 Å². The van der Waals surface area contributed by atoms with Gasteiger partial charge in [0, 0.05) is 0 Å². The molecule has 1 saturated carbocycles. The van der Waals surface area contributed by atoms with Crippen molar-refractivity contribution in [2.75, 3.05) is 13.2 Å². The molecule has 2 aliphatic heterocycles. The number of nitrogens with zero attached hydrogens (tertiary/aromatic N) is 1. The topological polar surface area (TPSA) is 38.8 Å². The van der Waals surface area contributed by atoms with Crippen molar-refractivity contribution in [3.63, 3.8) is 0 Å². The average Bonchev–Trinajstić information content (AvgIpc) is 2.45. The SMILES string of the molecule is CC(C)(C)OC(=O)N1C2C=C(CC3CCCCC3)CC1COC2. The van der Waals surface area contributed by atoms with Gasteiger partial charge in [-0.25, -0.2) is 4.79 Å². The standard InChI is InChI=1S/C19H31NO3/c1-19(2,3)23-18(21)20-16-10-15(11-17(20)13-22-12-16)9-14-7-5-4-6-8-14/h10,14,16-17H,4-9,11-13H2,1-3H3. The van der Waals surface area contributed by atoms with E-state index < -0.39 is 5.60 Å². The smallest absolute Gasteiger partial charge is 0.411 e. The van der Waals surface area contributed by atoms with Gasteiger partial charge in [-0.2, -0.15) is 0 Å². The first-order chi connectivity index (χ1) is 10.9. The number of hydrogen-bond donors (Lipinski definition) is 0.